The molecular weight excluding hydrogens is 134 g/mol. The number of nitrogens with one attached hydrogen (secondary N) is 1. The highest BCUT2D eigenvalue weighted by atomic mass is 16.3. The van der Waals surface area contributed by atoms with E-state index in [9.17, 15) is 4.79 Å². The maximum absolute atomic E-state index is 10.6. The van der Waals surface area contributed by atoms with E-state index >= 15 is 0 Å². The molecule has 0 fully saturated rings. The minimum absolute atomic E-state index is 0.370. The van der Waals surface area contributed by atoms with E-state index in [1.165, 1.54) is 7.05 Å². The predicted octanol–water partition coefficient (Wildman–Crippen LogP) is -1.14. The largest absolute Gasteiger partial charge is 0.390 e. The SMILES string of the molecule is CC[C@@H](O)[C@H](O)C(=O)NC. The van der Waals surface area contributed by atoms with Crippen LogP contribution in [0.4, 0.5) is 0 Å². The first-order chi connectivity index (χ1) is 4.63. The zero-order chi connectivity index (χ0) is 8.15. The van der Waals surface area contributed by atoms with Gasteiger partial charge in [-0.1, -0.05) is 6.92 Å². The van der Waals surface area contributed by atoms with Crippen molar-refractivity contribution in [2.75, 3.05) is 7.05 Å². The number of likely N-dealkylation sites (N-methyl/N-ethyl adjacent to an activating group) is 1. The molecule has 0 aromatic carbocycles. The fraction of sp³-hybridized carbons (Fsp3) is 0.833. The van der Waals surface area contributed by atoms with E-state index in [-0.39, 0.29) is 0 Å². The fourth-order valence-electron chi connectivity index (χ4n) is 0.546. The van der Waals surface area contributed by atoms with Gasteiger partial charge in [-0.25, -0.2) is 0 Å². The van der Waals surface area contributed by atoms with E-state index in [1.54, 1.807) is 6.92 Å². The summed E-state index contributed by atoms with van der Waals surface area (Å²) in [4.78, 5) is 10.6. The van der Waals surface area contributed by atoms with Crippen LogP contribution in [0.25, 0.3) is 0 Å². The predicted molar refractivity (Wildman–Crippen MR) is 36.4 cm³/mol. The fourth-order valence-corrected chi connectivity index (χ4v) is 0.546. The summed E-state index contributed by atoms with van der Waals surface area (Å²) in [5.41, 5.74) is 0. The lowest BCUT2D eigenvalue weighted by molar-refractivity contribution is -0.134. The number of aliphatic hydroxyl groups is 2. The van der Waals surface area contributed by atoms with Gasteiger partial charge in [0.25, 0.3) is 5.91 Å². The van der Waals surface area contributed by atoms with Crippen molar-refractivity contribution < 1.29 is 15.0 Å². The molecule has 3 N–H and O–H groups in total. The van der Waals surface area contributed by atoms with Crippen LogP contribution < -0.4 is 5.32 Å². The maximum atomic E-state index is 10.6. The molecular formula is C6H13NO3. The normalized spacial score (nSPS) is 16.0. The van der Waals surface area contributed by atoms with E-state index in [0.29, 0.717) is 6.42 Å². The molecule has 4 nitrogen and oxygen atoms in total. The van der Waals surface area contributed by atoms with Crippen LogP contribution in [0.3, 0.4) is 0 Å². The first-order valence-corrected chi connectivity index (χ1v) is 3.21. The van der Waals surface area contributed by atoms with Crippen LogP contribution in [0.1, 0.15) is 13.3 Å². The molecule has 0 aromatic heterocycles. The molecule has 60 valence electrons. The summed E-state index contributed by atoms with van der Waals surface area (Å²) < 4.78 is 0. The van der Waals surface area contributed by atoms with Gasteiger partial charge in [0.2, 0.25) is 0 Å². The number of carbonyl (C=O) groups excluding carboxylic acids is 1. The Bertz CT molecular complexity index is 116. The lowest BCUT2D eigenvalue weighted by atomic mass is 10.1. The molecule has 10 heavy (non-hydrogen) atoms. The molecule has 0 heterocycles. The van der Waals surface area contributed by atoms with E-state index in [0.717, 1.165) is 0 Å². The number of aliphatic hydroxyl groups excluding tert-OH is 2. The maximum Gasteiger partial charge on any atom is 0.251 e. The number of hydrogen-bond acceptors (Lipinski definition) is 3. The minimum Gasteiger partial charge on any atom is -0.390 e. The second-order valence-corrected chi connectivity index (χ2v) is 2.03. The van der Waals surface area contributed by atoms with Gasteiger partial charge in [0, 0.05) is 7.05 Å². The van der Waals surface area contributed by atoms with Gasteiger partial charge in [-0.3, -0.25) is 4.79 Å². The van der Waals surface area contributed by atoms with Crippen LogP contribution in [-0.2, 0) is 4.79 Å². The van der Waals surface area contributed by atoms with Crippen LogP contribution >= 0.6 is 0 Å². The van der Waals surface area contributed by atoms with Crippen molar-refractivity contribution in [3.63, 3.8) is 0 Å². The summed E-state index contributed by atoms with van der Waals surface area (Å²) >= 11 is 0. The average molecular weight is 147 g/mol. The summed E-state index contributed by atoms with van der Waals surface area (Å²) in [6.45, 7) is 1.69. The first-order valence-electron chi connectivity index (χ1n) is 3.21. The van der Waals surface area contributed by atoms with Crippen molar-refractivity contribution in [1.82, 2.24) is 5.32 Å². The van der Waals surface area contributed by atoms with Crippen molar-refractivity contribution in [3.8, 4) is 0 Å². The molecule has 2 atom stereocenters. The molecule has 1 amide bonds. The Kier molecular flexibility index (Phi) is 3.99. The van der Waals surface area contributed by atoms with Gasteiger partial charge in [-0.15, -0.1) is 0 Å². The molecule has 0 aromatic rings. The van der Waals surface area contributed by atoms with E-state index in [2.05, 4.69) is 5.32 Å². The number of carbonyl (C=O) groups is 1. The summed E-state index contributed by atoms with van der Waals surface area (Å²) in [5.74, 6) is -0.547. The van der Waals surface area contributed by atoms with Crippen LogP contribution in [0, 0.1) is 0 Å². The molecule has 0 rings (SSSR count). The average Bonchev–Trinajstić information content (AvgIpc) is 2.00. The summed E-state index contributed by atoms with van der Waals surface area (Å²) in [5, 5.41) is 20.1. The van der Waals surface area contributed by atoms with Gasteiger partial charge in [-0.2, -0.15) is 0 Å². The van der Waals surface area contributed by atoms with Crippen molar-refractivity contribution in [2.24, 2.45) is 0 Å². The van der Waals surface area contributed by atoms with E-state index < -0.39 is 18.1 Å². The molecule has 0 bridgehead atoms. The summed E-state index contributed by atoms with van der Waals surface area (Å²) in [6.07, 6.45) is -1.89. The molecule has 0 aliphatic rings. The second-order valence-electron chi connectivity index (χ2n) is 2.03. The number of hydrogen-bond donors (Lipinski definition) is 3. The molecule has 0 saturated heterocycles. The van der Waals surface area contributed by atoms with Crippen molar-refractivity contribution in [2.45, 2.75) is 25.6 Å². The van der Waals surface area contributed by atoms with Crippen LogP contribution in [0.2, 0.25) is 0 Å². The third-order valence-electron chi connectivity index (χ3n) is 1.30. The highest BCUT2D eigenvalue weighted by Gasteiger charge is 2.20. The minimum atomic E-state index is -1.30. The monoisotopic (exact) mass is 147 g/mol. The first kappa shape index (κ1) is 9.39. The highest BCUT2D eigenvalue weighted by molar-refractivity contribution is 5.80. The standard InChI is InChI=1S/C6H13NO3/c1-3-4(8)5(9)6(10)7-2/h4-5,8-9H,3H2,1-2H3,(H,7,10)/t4-,5+/m1/s1. The Balaban J connectivity index is 3.81. The van der Waals surface area contributed by atoms with Crippen molar-refractivity contribution in [1.29, 1.82) is 0 Å². The lowest BCUT2D eigenvalue weighted by Crippen LogP contribution is -2.40. The second kappa shape index (κ2) is 4.24. The van der Waals surface area contributed by atoms with Gasteiger partial charge < -0.3 is 15.5 Å². The van der Waals surface area contributed by atoms with E-state index in [1.807, 2.05) is 0 Å². The zero-order valence-corrected chi connectivity index (χ0v) is 6.16. The summed E-state index contributed by atoms with van der Waals surface area (Å²) in [7, 11) is 1.41. The Morgan fingerprint density at radius 1 is 1.60 bits per heavy atom. The lowest BCUT2D eigenvalue weighted by Gasteiger charge is -2.13. The van der Waals surface area contributed by atoms with Gasteiger partial charge >= 0.3 is 0 Å². The van der Waals surface area contributed by atoms with Gasteiger partial charge in [0.1, 0.15) is 0 Å². The Morgan fingerprint density at radius 3 is 2.40 bits per heavy atom. The molecule has 0 aliphatic carbocycles. The highest BCUT2D eigenvalue weighted by Crippen LogP contribution is 1.96. The summed E-state index contributed by atoms with van der Waals surface area (Å²) in [6, 6.07) is 0. The van der Waals surface area contributed by atoms with Crippen LogP contribution in [0.15, 0.2) is 0 Å². The topological polar surface area (TPSA) is 69.6 Å². The molecule has 0 unspecified atom stereocenters. The Morgan fingerprint density at radius 2 is 2.10 bits per heavy atom. The quantitative estimate of drug-likeness (QED) is 0.473. The molecule has 0 saturated carbocycles. The van der Waals surface area contributed by atoms with Gasteiger partial charge in [0.05, 0.1) is 6.10 Å². The number of rotatable bonds is 3. The van der Waals surface area contributed by atoms with Crippen LogP contribution in [-0.4, -0.2) is 35.4 Å². The third kappa shape index (κ3) is 2.33. The van der Waals surface area contributed by atoms with Crippen LogP contribution in [0.5, 0.6) is 0 Å². The van der Waals surface area contributed by atoms with Gasteiger partial charge in [0.15, 0.2) is 6.10 Å². The Labute approximate surface area is 59.9 Å². The Hall–Kier alpha value is -0.610. The van der Waals surface area contributed by atoms with E-state index in [4.69, 9.17) is 10.2 Å². The molecule has 0 aliphatic heterocycles. The van der Waals surface area contributed by atoms with Gasteiger partial charge in [-0.05, 0) is 6.42 Å². The smallest absolute Gasteiger partial charge is 0.251 e. The molecule has 0 spiro atoms. The van der Waals surface area contributed by atoms with Crippen molar-refractivity contribution in [3.05, 3.63) is 0 Å². The number of amides is 1. The van der Waals surface area contributed by atoms with Crippen molar-refractivity contribution >= 4 is 5.91 Å². The molecule has 0 radical (unpaired) electrons. The zero-order valence-electron chi connectivity index (χ0n) is 6.16. The third-order valence-corrected chi connectivity index (χ3v) is 1.30. The molecule has 4 heteroatoms.